The lowest BCUT2D eigenvalue weighted by atomic mass is 10.1. The molecule has 5 heteroatoms. The number of halogens is 1. The van der Waals surface area contributed by atoms with Crippen LogP contribution in [0.5, 0.6) is 0 Å². The third-order valence-corrected chi connectivity index (χ3v) is 2.61. The van der Waals surface area contributed by atoms with Crippen LogP contribution in [0.3, 0.4) is 0 Å². The number of hydrogen-bond acceptors (Lipinski definition) is 3. The minimum Gasteiger partial charge on any atom is -0.481 e. The Morgan fingerprint density at radius 3 is 2.72 bits per heavy atom. The third-order valence-electron chi connectivity index (χ3n) is 2.61. The topological polar surface area (TPSA) is 60.8 Å². The number of likely N-dealkylation sites (N-methyl/N-ethyl adjacent to an activating group) is 1. The molecular formula is C13H18FNO3. The number of aliphatic carboxylic acids is 1. The Balaban J connectivity index is 2.39. The first-order valence-electron chi connectivity index (χ1n) is 5.81. The predicted molar refractivity (Wildman–Crippen MR) is 65.6 cm³/mol. The van der Waals surface area contributed by atoms with Crippen molar-refractivity contribution in [3.05, 3.63) is 35.6 Å². The highest BCUT2D eigenvalue weighted by atomic mass is 19.1. The molecule has 0 aliphatic heterocycles. The Labute approximate surface area is 106 Å². The standard InChI is InChI=1S/C13H18FNO3/c1-15(9-11(16)6-7-13(17)18)8-10-4-2-3-5-12(10)14/h2-5,11,16H,6-9H2,1H3,(H,17,18). The van der Waals surface area contributed by atoms with E-state index < -0.39 is 12.1 Å². The van der Waals surface area contributed by atoms with Gasteiger partial charge in [0.15, 0.2) is 0 Å². The minimum absolute atomic E-state index is 0.0608. The zero-order valence-electron chi connectivity index (χ0n) is 10.3. The van der Waals surface area contributed by atoms with Gasteiger partial charge in [0.1, 0.15) is 5.82 Å². The van der Waals surface area contributed by atoms with Crippen molar-refractivity contribution in [2.75, 3.05) is 13.6 Å². The van der Waals surface area contributed by atoms with Crippen LogP contribution in [0.1, 0.15) is 18.4 Å². The number of carboxylic acid groups (broad SMARTS) is 1. The van der Waals surface area contributed by atoms with Gasteiger partial charge in [-0.3, -0.25) is 9.69 Å². The van der Waals surface area contributed by atoms with E-state index in [0.29, 0.717) is 18.7 Å². The molecule has 0 aromatic heterocycles. The highest BCUT2D eigenvalue weighted by Crippen LogP contribution is 2.09. The van der Waals surface area contributed by atoms with E-state index in [1.54, 1.807) is 30.1 Å². The van der Waals surface area contributed by atoms with Gasteiger partial charge in [0.05, 0.1) is 6.10 Å². The van der Waals surface area contributed by atoms with Crippen molar-refractivity contribution >= 4 is 5.97 Å². The fourth-order valence-electron chi connectivity index (χ4n) is 1.72. The summed E-state index contributed by atoms with van der Waals surface area (Å²) in [5.74, 6) is -1.20. The molecule has 1 rings (SSSR count). The van der Waals surface area contributed by atoms with Gasteiger partial charge in [-0.2, -0.15) is 0 Å². The van der Waals surface area contributed by atoms with E-state index in [0.717, 1.165) is 0 Å². The van der Waals surface area contributed by atoms with Crippen molar-refractivity contribution in [2.45, 2.75) is 25.5 Å². The summed E-state index contributed by atoms with van der Waals surface area (Å²) in [6.07, 6.45) is -0.566. The smallest absolute Gasteiger partial charge is 0.303 e. The SMILES string of the molecule is CN(Cc1ccccc1F)CC(O)CCC(=O)O. The Morgan fingerprint density at radius 1 is 1.44 bits per heavy atom. The summed E-state index contributed by atoms with van der Waals surface area (Å²) < 4.78 is 13.4. The fraction of sp³-hybridized carbons (Fsp3) is 0.462. The first kappa shape index (κ1) is 14.6. The van der Waals surface area contributed by atoms with Crippen LogP contribution in [0.4, 0.5) is 4.39 Å². The average Bonchev–Trinajstić information content (AvgIpc) is 2.29. The van der Waals surface area contributed by atoms with Gasteiger partial charge in [-0.05, 0) is 19.5 Å². The molecular weight excluding hydrogens is 237 g/mol. The number of benzene rings is 1. The van der Waals surface area contributed by atoms with Gasteiger partial charge in [-0.15, -0.1) is 0 Å². The molecule has 0 fully saturated rings. The lowest BCUT2D eigenvalue weighted by Gasteiger charge is -2.20. The zero-order chi connectivity index (χ0) is 13.5. The summed E-state index contributed by atoms with van der Waals surface area (Å²) in [6, 6.07) is 6.47. The van der Waals surface area contributed by atoms with Crippen LogP contribution in [-0.4, -0.2) is 40.8 Å². The molecule has 0 aliphatic carbocycles. The molecule has 100 valence electrons. The molecule has 1 aromatic rings. The normalized spacial score (nSPS) is 12.7. The molecule has 18 heavy (non-hydrogen) atoms. The molecule has 0 bridgehead atoms. The van der Waals surface area contributed by atoms with Crippen molar-refractivity contribution in [3.63, 3.8) is 0 Å². The number of rotatable bonds is 7. The maximum absolute atomic E-state index is 13.4. The molecule has 0 heterocycles. The monoisotopic (exact) mass is 255 g/mol. The van der Waals surface area contributed by atoms with Gasteiger partial charge in [0.25, 0.3) is 0 Å². The van der Waals surface area contributed by atoms with Crippen molar-refractivity contribution in [2.24, 2.45) is 0 Å². The van der Waals surface area contributed by atoms with Crippen LogP contribution in [0.25, 0.3) is 0 Å². The Hall–Kier alpha value is -1.46. The van der Waals surface area contributed by atoms with Crippen LogP contribution in [0, 0.1) is 5.82 Å². The van der Waals surface area contributed by atoms with E-state index in [9.17, 15) is 14.3 Å². The van der Waals surface area contributed by atoms with Crippen LogP contribution in [0.2, 0.25) is 0 Å². The van der Waals surface area contributed by atoms with Gasteiger partial charge in [-0.1, -0.05) is 18.2 Å². The maximum Gasteiger partial charge on any atom is 0.303 e. The zero-order valence-corrected chi connectivity index (χ0v) is 10.3. The summed E-state index contributed by atoms with van der Waals surface area (Å²) in [7, 11) is 1.76. The summed E-state index contributed by atoms with van der Waals surface area (Å²) in [4.78, 5) is 12.1. The van der Waals surface area contributed by atoms with Crippen molar-refractivity contribution < 1.29 is 19.4 Å². The van der Waals surface area contributed by atoms with Gasteiger partial charge >= 0.3 is 5.97 Å². The van der Waals surface area contributed by atoms with E-state index in [4.69, 9.17) is 5.11 Å². The van der Waals surface area contributed by atoms with Gasteiger partial charge in [0.2, 0.25) is 0 Å². The van der Waals surface area contributed by atoms with Crippen LogP contribution in [0.15, 0.2) is 24.3 Å². The molecule has 1 unspecified atom stereocenters. The highest BCUT2D eigenvalue weighted by Gasteiger charge is 2.11. The number of carboxylic acids is 1. The maximum atomic E-state index is 13.4. The molecule has 0 spiro atoms. The Morgan fingerprint density at radius 2 is 2.11 bits per heavy atom. The minimum atomic E-state index is -0.925. The first-order valence-corrected chi connectivity index (χ1v) is 5.81. The second-order valence-electron chi connectivity index (χ2n) is 4.37. The number of hydrogen-bond donors (Lipinski definition) is 2. The quantitative estimate of drug-likeness (QED) is 0.775. The molecule has 0 saturated heterocycles. The molecule has 2 N–H and O–H groups in total. The Bertz CT molecular complexity index is 398. The molecule has 0 amide bonds. The number of carbonyl (C=O) groups is 1. The Kier molecular flexibility index (Phi) is 5.74. The lowest BCUT2D eigenvalue weighted by molar-refractivity contribution is -0.137. The predicted octanol–water partition coefficient (Wildman–Crippen LogP) is 1.48. The number of nitrogens with zero attached hydrogens (tertiary/aromatic N) is 1. The van der Waals surface area contributed by atoms with Crippen LogP contribution in [-0.2, 0) is 11.3 Å². The molecule has 1 atom stereocenters. The highest BCUT2D eigenvalue weighted by molar-refractivity contribution is 5.66. The molecule has 0 saturated carbocycles. The molecule has 1 aromatic carbocycles. The summed E-state index contributed by atoms with van der Waals surface area (Å²) in [5, 5.41) is 18.1. The molecule has 0 radical (unpaired) electrons. The van der Waals surface area contributed by atoms with Gasteiger partial charge in [-0.25, -0.2) is 4.39 Å². The van der Waals surface area contributed by atoms with E-state index >= 15 is 0 Å². The van der Waals surface area contributed by atoms with Gasteiger partial charge < -0.3 is 10.2 Å². The second kappa shape index (κ2) is 7.08. The summed E-state index contributed by atoms with van der Waals surface area (Å²) in [6.45, 7) is 0.707. The van der Waals surface area contributed by atoms with Gasteiger partial charge in [0, 0.05) is 25.1 Å². The van der Waals surface area contributed by atoms with Crippen molar-refractivity contribution in [1.29, 1.82) is 0 Å². The third kappa shape index (κ3) is 5.25. The van der Waals surface area contributed by atoms with E-state index in [1.807, 2.05) is 0 Å². The molecule has 0 aliphatic rings. The second-order valence-corrected chi connectivity index (χ2v) is 4.37. The van der Waals surface area contributed by atoms with Crippen molar-refractivity contribution in [1.82, 2.24) is 4.90 Å². The lowest BCUT2D eigenvalue weighted by Crippen LogP contribution is -2.29. The van der Waals surface area contributed by atoms with E-state index in [2.05, 4.69) is 0 Å². The number of aliphatic hydroxyl groups excluding tert-OH is 1. The van der Waals surface area contributed by atoms with Crippen molar-refractivity contribution in [3.8, 4) is 0 Å². The number of aliphatic hydroxyl groups is 1. The van der Waals surface area contributed by atoms with Crippen LogP contribution >= 0.6 is 0 Å². The summed E-state index contributed by atoms with van der Waals surface area (Å²) in [5.41, 5.74) is 0.561. The van der Waals surface area contributed by atoms with E-state index in [1.165, 1.54) is 6.07 Å². The fourth-order valence-corrected chi connectivity index (χ4v) is 1.72. The molecule has 4 nitrogen and oxygen atoms in total. The van der Waals surface area contributed by atoms with Crippen LogP contribution < -0.4 is 0 Å². The largest absolute Gasteiger partial charge is 0.481 e. The van der Waals surface area contributed by atoms with E-state index in [-0.39, 0.29) is 18.7 Å². The summed E-state index contributed by atoms with van der Waals surface area (Å²) >= 11 is 0. The average molecular weight is 255 g/mol. The first-order chi connectivity index (χ1) is 8.49.